The maximum absolute atomic E-state index is 12.7. The van der Waals surface area contributed by atoms with Crippen LogP contribution < -0.4 is 10.2 Å². The van der Waals surface area contributed by atoms with Crippen LogP contribution in [-0.2, 0) is 16.4 Å². The molecule has 3 aromatic rings. The smallest absolute Gasteiger partial charge is 0.294 e. The van der Waals surface area contributed by atoms with E-state index in [0.717, 1.165) is 16.1 Å². The van der Waals surface area contributed by atoms with Crippen molar-refractivity contribution in [3.8, 4) is 0 Å². The number of imidazole rings is 1. The third kappa shape index (κ3) is 3.98. The molecule has 0 bridgehead atoms. The molecule has 4 heterocycles. The van der Waals surface area contributed by atoms with Crippen LogP contribution in [0.2, 0.25) is 5.02 Å². The lowest BCUT2D eigenvalue weighted by Gasteiger charge is -2.22. The molecule has 1 aliphatic heterocycles. The second-order valence-corrected chi connectivity index (χ2v) is 9.34. The number of hydrogen-bond donors (Lipinski definition) is 2. The van der Waals surface area contributed by atoms with Crippen molar-refractivity contribution in [2.24, 2.45) is 0 Å². The lowest BCUT2D eigenvalue weighted by atomic mass is 10.3. The van der Waals surface area contributed by atoms with Crippen LogP contribution >= 0.6 is 11.6 Å². The van der Waals surface area contributed by atoms with Crippen molar-refractivity contribution in [1.82, 2.24) is 19.4 Å². The zero-order valence-corrected chi connectivity index (χ0v) is 16.4. The predicted octanol–water partition coefficient (Wildman–Crippen LogP) is -0.157. The molecule has 0 radical (unpaired) electrons. The van der Waals surface area contributed by atoms with Gasteiger partial charge in [-0.1, -0.05) is 17.7 Å². The Bertz CT molecular complexity index is 1120. The van der Waals surface area contributed by atoms with Crippen LogP contribution in [-0.4, -0.2) is 58.3 Å². The zero-order chi connectivity index (χ0) is 19.7. The van der Waals surface area contributed by atoms with Gasteiger partial charge in [-0.2, -0.15) is 0 Å². The van der Waals surface area contributed by atoms with Crippen LogP contribution in [0.1, 0.15) is 16.3 Å². The summed E-state index contributed by atoms with van der Waals surface area (Å²) in [6.45, 7) is 1.62. The standard InChI is InChI=1S/C17H17ClN6O3S/c18-12-9-19-17(20-10-12)22-16(25)15-21-13(14-3-1-2-4-24(14)15)11-23-5-7-28(26,27)8-6-23/h1-4,9-10H,5-8,11H2,(H,19,20,22,25)/p+1. The van der Waals surface area contributed by atoms with Crippen molar-refractivity contribution in [3.63, 3.8) is 0 Å². The minimum Gasteiger partial charge on any atom is -0.328 e. The molecule has 11 heteroatoms. The van der Waals surface area contributed by atoms with Crippen LogP contribution in [0.15, 0.2) is 36.8 Å². The summed E-state index contributed by atoms with van der Waals surface area (Å²) >= 11 is 5.76. The Balaban J connectivity index is 1.59. The van der Waals surface area contributed by atoms with Gasteiger partial charge >= 0.3 is 0 Å². The number of pyridine rings is 1. The van der Waals surface area contributed by atoms with E-state index >= 15 is 0 Å². The van der Waals surface area contributed by atoms with E-state index in [1.807, 2.05) is 18.2 Å². The Morgan fingerprint density at radius 1 is 1.21 bits per heavy atom. The number of nitrogens with zero attached hydrogens (tertiary/aromatic N) is 4. The van der Waals surface area contributed by atoms with Gasteiger partial charge in [0.05, 0.1) is 47.5 Å². The molecule has 1 fully saturated rings. The zero-order valence-electron chi connectivity index (χ0n) is 14.8. The van der Waals surface area contributed by atoms with Crippen molar-refractivity contribution in [3.05, 3.63) is 53.3 Å². The summed E-state index contributed by atoms with van der Waals surface area (Å²) in [5, 5.41) is 2.99. The third-order valence-corrected chi connectivity index (χ3v) is 6.47. The van der Waals surface area contributed by atoms with Crippen LogP contribution in [0.25, 0.3) is 5.52 Å². The molecule has 3 aromatic heterocycles. The van der Waals surface area contributed by atoms with Crippen LogP contribution in [0.3, 0.4) is 0 Å². The molecule has 0 atom stereocenters. The fourth-order valence-electron chi connectivity index (χ4n) is 3.17. The van der Waals surface area contributed by atoms with E-state index in [4.69, 9.17) is 11.6 Å². The van der Waals surface area contributed by atoms with Crippen molar-refractivity contribution in [1.29, 1.82) is 0 Å². The molecule has 28 heavy (non-hydrogen) atoms. The number of hydrogen-bond acceptors (Lipinski definition) is 6. The normalized spacial score (nSPS) is 16.9. The number of amides is 1. The molecule has 1 saturated heterocycles. The number of halogens is 1. The van der Waals surface area contributed by atoms with Crippen LogP contribution in [0, 0.1) is 0 Å². The van der Waals surface area contributed by atoms with Gasteiger partial charge in [-0.05, 0) is 12.1 Å². The summed E-state index contributed by atoms with van der Waals surface area (Å²) in [7, 11) is -2.93. The first-order valence-electron chi connectivity index (χ1n) is 8.70. The first kappa shape index (κ1) is 18.8. The summed E-state index contributed by atoms with van der Waals surface area (Å²) in [5.41, 5.74) is 1.56. The van der Waals surface area contributed by atoms with Crippen LogP contribution in [0.5, 0.6) is 0 Å². The van der Waals surface area contributed by atoms with Crippen molar-refractivity contribution in [2.45, 2.75) is 6.54 Å². The molecule has 0 saturated carbocycles. The van der Waals surface area contributed by atoms with Gasteiger partial charge in [-0.25, -0.2) is 23.4 Å². The molecule has 1 aliphatic rings. The lowest BCUT2D eigenvalue weighted by molar-refractivity contribution is -0.910. The number of carbonyl (C=O) groups is 1. The molecular weight excluding hydrogens is 404 g/mol. The van der Waals surface area contributed by atoms with Crippen LogP contribution in [0.4, 0.5) is 5.95 Å². The fraction of sp³-hybridized carbons (Fsp3) is 0.294. The van der Waals surface area contributed by atoms with Crippen molar-refractivity contribution >= 4 is 38.8 Å². The second-order valence-electron chi connectivity index (χ2n) is 6.60. The highest BCUT2D eigenvalue weighted by Crippen LogP contribution is 2.14. The highest BCUT2D eigenvalue weighted by molar-refractivity contribution is 7.91. The SMILES string of the molecule is O=C(Nc1ncc(Cl)cn1)c1nc(C[NH+]2CCS(=O)(=O)CC2)c2ccccn12. The molecule has 0 aromatic carbocycles. The van der Waals surface area contributed by atoms with E-state index in [1.54, 1.807) is 10.6 Å². The number of sulfone groups is 1. The average Bonchev–Trinajstić information content (AvgIpc) is 3.04. The van der Waals surface area contributed by atoms with Gasteiger partial charge in [0.25, 0.3) is 5.91 Å². The molecule has 2 N–H and O–H groups in total. The predicted molar refractivity (Wildman–Crippen MR) is 103 cm³/mol. The Kier molecular flexibility index (Phi) is 5.00. The summed E-state index contributed by atoms with van der Waals surface area (Å²) in [5.74, 6) is 0.264. The number of aromatic nitrogens is 4. The van der Waals surface area contributed by atoms with Gasteiger partial charge in [0.2, 0.25) is 11.8 Å². The first-order valence-corrected chi connectivity index (χ1v) is 10.9. The van der Waals surface area contributed by atoms with Gasteiger partial charge in [0.15, 0.2) is 9.84 Å². The summed E-state index contributed by atoms with van der Waals surface area (Å²) in [6.07, 6.45) is 4.56. The summed E-state index contributed by atoms with van der Waals surface area (Å²) < 4.78 is 25.0. The maximum atomic E-state index is 12.7. The topological polar surface area (TPSA) is 111 Å². The van der Waals surface area contributed by atoms with Crippen molar-refractivity contribution < 1.29 is 18.1 Å². The highest BCUT2D eigenvalue weighted by atomic mass is 35.5. The quantitative estimate of drug-likeness (QED) is 0.605. The van der Waals surface area contributed by atoms with E-state index in [0.29, 0.717) is 24.7 Å². The number of rotatable bonds is 4. The Morgan fingerprint density at radius 3 is 2.64 bits per heavy atom. The first-order chi connectivity index (χ1) is 13.4. The molecule has 146 valence electrons. The van der Waals surface area contributed by atoms with Gasteiger partial charge in [0, 0.05) is 6.20 Å². The summed E-state index contributed by atoms with van der Waals surface area (Å²) in [4.78, 5) is 26.3. The second kappa shape index (κ2) is 7.46. The molecule has 1 amide bonds. The number of nitrogens with one attached hydrogen (secondary N) is 2. The van der Waals surface area contributed by atoms with E-state index < -0.39 is 15.7 Å². The van der Waals surface area contributed by atoms with Gasteiger partial charge in [0.1, 0.15) is 12.2 Å². The largest absolute Gasteiger partial charge is 0.328 e. The van der Waals surface area contributed by atoms with Gasteiger partial charge in [-0.15, -0.1) is 0 Å². The van der Waals surface area contributed by atoms with E-state index in [-0.39, 0.29) is 23.3 Å². The van der Waals surface area contributed by atoms with Crippen molar-refractivity contribution in [2.75, 3.05) is 29.9 Å². The fourth-order valence-corrected chi connectivity index (χ4v) is 4.67. The van der Waals surface area contributed by atoms with Gasteiger partial charge in [-0.3, -0.25) is 14.5 Å². The van der Waals surface area contributed by atoms with E-state index in [9.17, 15) is 13.2 Å². The van der Waals surface area contributed by atoms with Gasteiger partial charge < -0.3 is 4.90 Å². The molecule has 4 rings (SSSR count). The molecular formula is C17H18ClN6O3S+. The number of carbonyl (C=O) groups excluding carboxylic acids is 1. The minimum absolute atomic E-state index is 0.135. The number of anilines is 1. The van der Waals surface area contributed by atoms with E-state index in [2.05, 4.69) is 20.3 Å². The molecule has 9 nitrogen and oxygen atoms in total. The monoisotopic (exact) mass is 421 g/mol. The minimum atomic E-state index is -2.93. The number of fused-ring (bicyclic) bond motifs is 1. The number of quaternary nitrogens is 1. The lowest BCUT2D eigenvalue weighted by Crippen LogP contribution is -3.13. The summed E-state index contributed by atoms with van der Waals surface area (Å²) in [6, 6.07) is 5.58. The third-order valence-electron chi connectivity index (χ3n) is 4.62. The molecule has 0 spiro atoms. The van der Waals surface area contributed by atoms with E-state index in [1.165, 1.54) is 12.4 Å². The Morgan fingerprint density at radius 2 is 1.93 bits per heavy atom. The maximum Gasteiger partial charge on any atom is 0.294 e. The Hall–Kier alpha value is -2.56. The molecule has 0 aliphatic carbocycles. The Labute approximate surface area is 166 Å². The molecule has 0 unspecified atom stereocenters. The highest BCUT2D eigenvalue weighted by Gasteiger charge is 2.27. The average molecular weight is 422 g/mol.